The molecule has 22 heavy (non-hydrogen) atoms. The fraction of sp³-hybridized carbons (Fsp3) is 0.188. The molecule has 0 bridgehead atoms. The predicted molar refractivity (Wildman–Crippen MR) is 81.5 cm³/mol. The molecule has 1 unspecified atom stereocenters. The quantitative estimate of drug-likeness (QED) is 0.888. The van der Waals surface area contributed by atoms with Gasteiger partial charge in [-0.25, -0.2) is 8.78 Å². The maximum absolute atomic E-state index is 13.1. The van der Waals surface area contributed by atoms with Gasteiger partial charge in [-0.3, -0.25) is 9.00 Å². The minimum Gasteiger partial charge on any atom is -0.370 e. The highest BCUT2D eigenvalue weighted by atomic mass is 32.2. The van der Waals surface area contributed by atoms with Crippen LogP contribution in [0.4, 0.5) is 8.78 Å². The van der Waals surface area contributed by atoms with Gasteiger partial charge in [0.25, 0.3) is 0 Å². The average Bonchev–Trinajstić information content (AvgIpc) is 2.49. The second-order valence-corrected chi connectivity index (χ2v) is 6.43. The van der Waals surface area contributed by atoms with Crippen LogP contribution in [-0.2, 0) is 15.6 Å². The van der Waals surface area contributed by atoms with Crippen molar-refractivity contribution in [2.24, 2.45) is 5.73 Å². The van der Waals surface area contributed by atoms with Crippen molar-refractivity contribution in [2.45, 2.75) is 11.7 Å². The van der Waals surface area contributed by atoms with Crippen LogP contribution in [0.3, 0.4) is 0 Å². The minimum atomic E-state index is -1.44. The maximum atomic E-state index is 13.1. The maximum Gasteiger partial charge on any atom is 0.218 e. The summed E-state index contributed by atoms with van der Waals surface area (Å²) < 4.78 is 38.7. The van der Waals surface area contributed by atoms with Gasteiger partial charge in [0.05, 0.1) is 5.25 Å². The Labute approximate surface area is 129 Å². The minimum absolute atomic E-state index is 0.00843. The lowest BCUT2D eigenvalue weighted by atomic mass is 10.0. The Morgan fingerprint density at radius 2 is 1.36 bits per heavy atom. The lowest BCUT2D eigenvalue weighted by Crippen LogP contribution is -2.18. The smallest absolute Gasteiger partial charge is 0.218 e. The third kappa shape index (κ3) is 4.21. The molecule has 0 radical (unpaired) electrons. The van der Waals surface area contributed by atoms with Crippen LogP contribution in [-0.4, -0.2) is 15.9 Å². The third-order valence-corrected chi connectivity index (χ3v) is 4.83. The number of nitrogens with two attached hydrogens (primary N) is 1. The SMILES string of the molecule is NC(=O)CCS(=O)C(c1ccc(F)cc1)c1ccc(F)cc1. The van der Waals surface area contributed by atoms with E-state index < -0.39 is 33.6 Å². The number of amides is 1. The second-order valence-electron chi connectivity index (χ2n) is 4.78. The lowest BCUT2D eigenvalue weighted by molar-refractivity contribution is -0.117. The molecule has 0 aliphatic carbocycles. The summed E-state index contributed by atoms with van der Waals surface area (Å²) in [4.78, 5) is 10.9. The summed E-state index contributed by atoms with van der Waals surface area (Å²) in [7, 11) is -1.44. The van der Waals surface area contributed by atoms with Gasteiger partial charge in [0, 0.05) is 23.0 Å². The van der Waals surface area contributed by atoms with Crippen LogP contribution in [0.25, 0.3) is 0 Å². The van der Waals surface area contributed by atoms with E-state index in [1.54, 1.807) is 0 Å². The largest absolute Gasteiger partial charge is 0.370 e. The first-order valence-electron chi connectivity index (χ1n) is 6.64. The molecule has 0 aliphatic heterocycles. The Hall–Kier alpha value is -2.08. The van der Waals surface area contributed by atoms with Crippen molar-refractivity contribution in [2.75, 3.05) is 5.75 Å². The van der Waals surface area contributed by atoms with Gasteiger partial charge in [0.1, 0.15) is 11.6 Å². The first-order valence-corrected chi connectivity index (χ1v) is 8.02. The summed E-state index contributed by atoms with van der Waals surface area (Å²) in [5.41, 5.74) is 6.36. The van der Waals surface area contributed by atoms with Crippen LogP contribution in [0.1, 0.15) is 22.8 Å². The average molecular weight is 323 g/mol. The Morgan fingerprint density at radius 1 is 0.955 bits per heavy atom. The first kappa shape index (κ1) is 16.3. The molecule has 2 aromatic rings. The number of rotatable bonds is 6. The molecule has 0 aliphatic rings. The second kappa shape index (κ2) is 7.26. The summed E-state index contributed by atoms with van der Waals surface area (Å²) >= 11 is 0. The van der Waals surface area contributed by atoms with Crippen molar-refractivity contribution in [3.63, 3.8) is 0 Å². The lowest BCUT2D eigenvalue weighted by Gasteiger charge is -2.17. The molecule has 0 saturated heterocycles. The van der Waals surface area contributed by atoms with E-state index in [0.717, 1.165) is 0 Å². The molecule has 0 saturated carbocycles. The highest BCUT2D eigenvalue weighted by Gasteiger charge is 2.21. The van der Waals surface area contributed by atoms with Crippen LogP contribution < -0.4 is 5.73 Å². The predicted octanol–water partition coefficient (Wildman–Crippen LogP) is 2.68. The van der Waals surface area contributed by atoms with Crippen LogP contribution in [0.5, 0.6) is 0 Å². The number of benzene rings is 2. The molecule has 0 heterocycles. The zero-order chi connectivity index (χ0) is 16.1. The zero-order valence-corrected chi connectivity index (χ0v) is 12.5. The molecule has 0 aromatic heterocycles. The fourth-order valence-corrected chi connectivity index (χ4v) is 3.65. The van der Waals surface area contributed by atoms with E-state index in [1.807, 2.05) is 0 Å². The third-order valence-electron chi connectivity index (χ3n) is 3.16. The zero-order valence-electron chi connectivity index (χ0n) is 11.7. The molecule has 3 nitrogen and oxygen atoms in total. The Bertz CT molecular complexity index is 626. The van der Waals surface area contributed by atoms with Crippen molar-refractivity contribution in [3.8, 4) is 0 Å². The molecule has 1 amide bonds. The van der Waals surface area contributed by atoms with E-state index in [0.29, 0.717) is 11.1 Å². The standard InChI is InChI=1S/C16H15F2NO2S/c17-13-5-1-11(2-6-13)16(22(21)10-9-15(19)20)12-3-7-14(18)8-4-12/h1-8,16H,9-10H2,(H2,19,20). The van der Waals surface area contributed by atoms with Gasteiger partial charge in [-0.15, -0.1) is 0 Å². The van der Waals surface area contributed by atoms with Crippen molar-refractivity contribution >= 4 is 16.7 Å². The first-order chi connectivity index (χ1) is 10.5. The van der Waals surface area contributed by atoms with E-state index in [2.05, 4.69) is 0 Å². The van der Waals surface area contributed by atoms with Gasteiger partial charge in [-0.2, -0.15) is 0 Å². The number of carbonyl (C=O) groups excluding carboxylic acids is 1. The molecular weight excluding hydrogens is 308 g/mol. The summed E-state index contributed by atoms with van der Waals surface area (Å²) in [5, 5.41) is -0.569. The molecule has 116 valence electrons. The summed E-state index contributed by atoms with van der Waals surface area (Å²) in [5.74, 6) is -1.24. The van der Waals surface area contributed by atoms with Crippen LogP contribution in [0.2, 0.25) is 0 Å². The van der Waals surface area contributed by atoms with E-state index in [-0.39, 0.29) is 12.2 Å². The van der Waals surface area contributed by atoms with Crippen LogP contribution in [0, 0.1) is 11.6 Å². The summed E-state index contributed by atoms with van der Waals surface area (Å²) in [6.07, 6.45) is -0.00843. The van der Waals surface area contributed by atoms with Crippen molar-refractivity contribution < 1.29 is 17.8 Å². The topological polar surface area (TPSA) is 60.2 Å². The molecular formula is C16H15F2NO2S. The van der Waals surface area contributed by atoms with Gasteiger partial charge >= 0.3 is 0 Å². The van der Waals surface area contributed by atoms with E-state index >= 15 is 0 Å². The van der Waals surface area contributed by atoms with Gasteiger partial charge in [-0.1, -0.05) is 24.3 Å². The van der Waals surface area contributed by atoms with Crippen molar-refractivity contribution in [1.82, 2.24) is 0 Å². The number of carbonyl (C=O) groups is 1. The Balaban J connectivity index is 2.35. The van der Waals surface area contributed by atoms with Gasteiger partial charge in [-0.05, 0) is 35.4 Å². The normalized spacial score (nSPS) is 12.3. The molecule has 1 atom stereocenters. The summed E-state index contributed by atoms with van der Waals surface area (Å²) in [6, 6.07) is 11.2. The van der Waals surface area contributed by atoms with Gasteiger partial charge < -0.3 is 5.73 Å². The highest BCUT2D eigenvalue weighted by Crippen LogP contribution is 2.29. The molecule has 0 spiro atoms. The Kier molecular flexibility index (Phi) is 5.38. The van der Waals surface area contributed by atoms with E-state index in [1.165, 1.54) is 48.5 Å². The van der Waals surface area contributed by atoms with E-state index in [9.17, 15) is 17.8 Å². The number of halogens is 2. The molecule has 2 aromatic carbocycles. The number of primary amides is 1. The number of hydrogen-bond donors (Lipinski definition) is 1. The molecule has 2 rings (SSSR count). The van der Waals surface area contributed by atoms with E-state index in [4.69, 9.17) is 5.73 Å². The highest BCUT2D eigenvalue weighted by molar-refractivity contribution is 7.85. The van der Waals surface area contributed by atoms with Crippen molar-refractivity contribution in [1.29, 1.82) is 0 Å². The summed E-state index contributed by atoms with van der Waals surface area (Å²) in [6.45, 7) is 0. The van der Waals surface area contributed by atoms with Gasteiger partial charge in [0.2, 0.25) is 5.91 Å². The monoisotopic (exact) mass is 323 g/mol. The fourth-order valence-electron chi connectivity index (χ4n) is 2.09. The number of hydrogen-bond acceptors (Lipinski definition) is 2. The molecule has 6 heteroatoms. The van der Waals surface area contributed by atoms with Crippen LogP contribution in [0.15, 0.2) is 48.5 Å². The van der Waals surface area contributed by atoms with Crippen LogP contribution >= 0.6 is 0 Å². The molecule has 2 N–H and O–H groups in total. The Morgan fingerprint density at radius 3 is 1.73 bits per heavy atom. The molecule has 0 fully saturated rings. The van der Waals surface area contributed by atoms with Crippen molar-refractivity contribution in [3.05, 3.63) is 71.3 Å². The van der Waals surface area contributed by atoms with Gasteiger partial charge in [0.15, 0.2) is 0 Å².